The molecule has 0 N–H and O–H groups in total. The fourth-order valence-corrected chi connectivity index (χ4v) is 1.65. The highest BCUT2D eigenvalue weighted by Gasteiger charge is 2.18. The SMILES string of the molecule is COC(=O)C=C1CCCCC1OC. The highest BCUT2D eigenvalue weighted by molar-refractivity contribution is 5.82. The van der Waals surface area contributed by atoms with Crippen LogP contribution < -0.4 is 0 Å². The van der Waals surface area contributed by atoms with E-state index in [1.165, 1.54) is 13.5 Å². The lowest BCUT2D eigenvalue weighted by Crippen LogP contribution is -2.19. The molecule has 0 amide bonds. The highest BCUT2D eigenvalue weighted by atomic mass is 16.5. The van der Waals surface area contributed by atoms with E-state index < -0.39 is 0 Å². The van der Waals surface area contributed by atoms with E-state index in [-0.39, 0.29) is 12.1 Å². The largest absolute Gasteiger partial charge is 0.466 e. The van der Waals surface area contributed by atoms with Gasteiger partial charge in [-0.15, -0.1) is 0 Å². The summed E-state index contributed by atoms with van der Waals surface area (Å²) in [7, 11) is 3.07. The maximum absolute atomic E-state index is 11.0. The Kier molecular flexibility index (Phi) is 3.96. The molecule has 1 fully saturated rings. The number of carbonyl (C=O) groups excluding carboxylic acids is 1. The summed E-state index contributed by atoms with van der Waals surface area (Å²) >= 11 is 0. The van der Waals surface area contributed by atoms with E-state index in [1.807, 2.05) is 0 Å². The van der Waals surface area contributed by atoms with Gasteiger partial charge in [0.1, 0.15) is 0 Å². The molecule has 0 radical (unpaired) electrons. The summed E-state index contributed by atoms with van der Waals surface area (Å²) in [6.45, 7) is 0. The van der Waals surface area contributed by atoms with Crippen LogP contribution in [0.25, 0.3) is 0 Å². The Bertz CT molecular complexity index is 208. The van der Waals surface area contributed by atoms with Gasteiger partial charge in [-0.05, 0) is 24.8 Å². The average Bonchev–Trinajstić information content (AvgIpc) is 2.18. The first-order valence-electron chi connectivity index (χ1n) is 4.59. The summed E-state index contributed by atoms with van der Waals surface area (Å²) in [4.78, 5) is 11.0. The minimum absolute atomic E-state index is 0.118. The molecule has 1 saturated carbocycles. The van der Waals surface area contributed by atoms with Crippen LogP contribution in [0, 0.1) is 0 Å². The van der Waals surface area contributed by atoms with Crippen LogP contribution in [0.2, 0.25) is 0 Å². The second-order valence-electron chi connectivity index (χ2n) is 3.21. The minimum atomic E-state index is -0.279. The Labute approximate surface area is 78.7 Å². The number of rotatable bonds is 2. The third-order valence-corrected chi connectivity index (χ3v) is 2.38. The second kappa shape index (κ2) is 5.02. The van der Waals surface area contributed by atoms with Gasteiger partial charge in [-0.2, -0.15) is 0 Å². The van der Waals surface area contributed by atoms with Crippen molar-refractivity contribution in [2.45, 2.75) is 31.8 Å². The first-order chi connectivity index (χ1) is 6.27. The lowest BCUT2D eigenvalue weighted by molar-refractivity contribution is -0.135. The van der Waals surface area contributed by atoms with Gasteiger partial charge in [-0.25, -0.2) is 4.79 Å². The fourth-order valence-electron chi connectivity index (χ4n) is 1.65. The molecule has 0 aromatic carbocycles. The average molecular weight is 184 g/mol. The van der Waals surface area contributed by atoms with Crippen LogP contribution in [-0.2, 0) is 14.3 Å². The molecule has 3 heteroatoms. The van der Waals surface area contributed by atoms with Gasteiger partial charge >= 0.3 is 5.97 Å². The fraction of sp³-hybridized carbons (Fsp3) is 0.700. The molecule has 0 aliphatic heterocycles. The first-order valence-corrected chi connectivity index (χ1v) is 4.59. The van der Waals surface area contributed by atoms with E-state index >= 15 is 0 Å². The Hall–Kier alpha value is -0.830. The van der Waals surface area contributed by atoms with Crippen molar-refractivity contribution in [3.8, 4) is 0 Å². The van der Waals surface area contributed by atoms with E-state index in [2.05, 4.69) is 4.74 Å². The molecule has 1 unspecified atom stereocenters. The topological polar surface area (TPSA) is 35.5 Å². The number of methoxy groups -OCH3 is 2. The molecule has 1 aliphatic rings. The molecular weight excluding hydrogens is 168 g/mol. The first kappa shape index (κ1) is 10.3. The predicted octanol–water partition coefficient (Wildman–Crippen LogP) is 1.67. The Morgan fingerprint density at radius 3 is 2.85 bits per heavy atom. The molecule has 1 atom stereocenters. The van der Waals surface area contributed by atoms with E-state index in [1.54, 1.807) is 13.2 Å². The monoisotopic (exact) mass is 184 g/mol. The third kappa shape index (κ3) is 2.84. The number of carbonyl (C=O) groups is 1. The lowest BCUT2D eigenvalue weighted by Gasteiger charge is -2.23. The summed E-state index contributed by atoms with van der Waals surface area (Å²) < 4.78 is 9.85. The van der Waals surface area contributed by atoms with Gasteiger partial charge in [0.05, 0.1) is 13.2 Å². The zero-order valence-corrected chi connectivity index (χ0v) is 8.21. The number of hydrogen-bond donors (Lipinski definition) is 0. The van der Waals surface area contributed by atoms with Crippen LogP contribution >= 0.6 is 0 Å². The third-order valence-electron chi connectivity index (χ3n) is 2.38. The molecule has 1 rings (SSSR count). The molecule has 0 saturated heterocycles. The summed E-state index contributed by atoms with van der Waals surface area (Å²) in [5, 5.41) is 0. The summed E-state index contributed by atoms with van der Waals surface area (Å²) in [6, 6.07) is 0. The summed E-state index contributed by atoms with van der Waals surface area (Å²) in [6.07, 6.45) is 5.97. The van der Waals surface area contributed by atoms with Crippen molar-refractivity contribution < 1.29 is 14.3 Å². The van der Waals surface area contributed by atoms with Crippen molar-refractivity contribution >= 4 is 5.97 Å². The van der Waals surface area contributed by atoms with Gasteiger partial charge in [0.2, 0.25) is 0 Å². The van der Waals surface area contributed by atoms with Gasteiger partial charge in [-0.3, -0.25) is 0 Å². The van der Waals surface area contributed by atoms with Crippen LogP contribution in [0.3, 0.4) is 0 Å². The normalized spacial score (nSPS) is 26.0. The molecule has 0 spiro atoms. The molecule has 74 valence electrons. The van der Waals surface area contributed by atoms with Crippen LogP contribution in [0.5, 0.6) is 0 Å². The summed E-state index contributed by atoms with van der Waals surface area (Å²) in [5.41, 5.74) is 1.07. The molecule has 0 aromatic rings. The standard InChI is InChI=1S/C10H16O3/c1-12-9-6-4-3-5-8(9)7-10(11)13-2/h7,9H,3-6H2,1-2H3. The van der Waals surface area contributed by atoms with E-state index in [4.69, 9.17) is 4.74 Å². The Balaban J connectivity index is 2.63. The van der Waals surface area contributed by atoms with Gasteiger partial charge in [0.15, 0.2) is 0 Å². The van der Waals surface area contributed by atoms with Crippen molar-refractivity contribution in [3.05, 3.63) is 11.6 Å². The molecule has 0 heterocycles. The zero-order valence-electron chi connectivity index (χ0n) is 8.21. The molecule has 1 aliphatic carbocycles. The molecular formula is C10H16O3. The van der Waals surface area contributed by atoms with Gasteiger partial charge in [0.25, 0.3) is 0 Å². The molecule has 3 nitrogen and oxygen atoms in total. The smallest absolute Gasteiger partial charge is 0.330 e. The lowest BCUT2D eigenvalue weighted by atomic mass is 9.92. The highest BCUT2D eigenvalue weighted by Crippen LogP contribution is 2.25. The van der Waals surface area contributed by atoms with Gasteiger partial charge in [0, 0.05) is 13.2 Å². The number of ether oxygens (including phenoxy) is 2. The summed E-state index contributed by atoms with van der Waals surface area (Å²) in [5.74, 6) is -0.279. The van der Waals surface area contributed by atoms with Crippen LogP contribution in [0.4, 0.5) is 0 Å². The van der Waals surface area contributed by atoms with E-state index in [9.17, 15) is 4.79 Å². The molecule has 0 bridgehead atoms. The van der Waals surface area contributed by atoms with Crippen LogP contribution in [-0.4, -0.2) is 26.3 Å². The predicted molar refractivity (Wildman–Crippen MR) is 49.4 cm³/mol. The van der Waals surface area contributed by atoms with Crippen molar-refractivity contribution in [1.82, 2.24) is 0 Å². The van der Waals surface area contributed by atoms with E-state index in [0.717, 1.165) is 24.8 Å². The Morgan fingerprint density at radius 1 is 1.46 bits per heavy atom. The molecule has 0 aromatic heterocycles. The van der Waals surface area contributed by atoms with Crippen molar-refractivity contribution in [3.63, 3.8) is 0 Å². The minimum Gasteiger partial charge on any atom is -0.466 e. The number of esters is 1. The quantitative estimate of drug-likeness (QED) is 0.484. The van der Waals surface area contributed by atoms with Gasteiger partial charge < -0.3 is 9.47 Å². The van der Waals surface area contributed by atoms with Crippen LogP contribution in [0.1, 0.15) is 25.7 Å². The Morgan fingerprint density at radius 2 is 2.23 bits per heavy atom. The number of hydrogen-bond acceptors (Lipinski definition) is 3. The van der Waals surface area contributed by atoms with Crippen molar-refractivity contribution in [2.75, 3.05) is 14.2 Å². The van der Waals surface area contributed by atoms with Crippen molar-refractivity contribution in [1.29, 1.82) is 0 Å². The maximum Gasteiger partial charge on any atom is 0.330 e. The van der Waals surface area contributed by atoms with E-state index in [0.29, 0.717) is 0 Å². The maximum atomic E-state index is 11.0. The van der Waals surface area contributed by atoms with Crippen molar-refractivity contribution in [2.24, 2.45) is 0 Å². The van der Waals surface area contributed by atoms with Crippen LogP contribution in [0.15, 0.2) is 11.6 Å². The zero-order chi connectivity index (χ0) is 9.68. The second-order valence-corrected chi connectivity index (χ2v) is 3.21. The van der Waals surface area contributed by atoms with Gasteiger partial charge in [-0.1, -0.05) is 6.42 Å². The molecule has 13 heavy (non-hydrogen) atoms.